The molecule has 3 nitrogen and oxygen atoms in total. The second-order valence-corrected chi connectivity index (χ2v) is 5.47. The van der Waals surface area contributed by atoms with Crippen LogP contribution in [-0.2, 0) is 6.42 Å². The highest BCUT2D eigenvalue weighted by Crippen LogP contribution is 2.19. The van der Waals surface area contributed by atoms with Crippen molar-refractivity contribution in [1.29, 1.82) is 0 Å². The maximum absolute atomic E-state index is 5.68. The fourth-order valence-corrected chi connectivity index (χ4v) is 2.71. The number of imidazole rings is 1. The average Bonchev–Trinajstić information content (AvgIpc) is 2.78. The highest BCUT2D eigenvalue weighted by molar-refractivity contribution is 5.75. The van der Waals surface area contributed by atoms with E-state index in [2.05, 4.69) is 42.0 Å². The van der Waals surface area contributed by atoms with Gasteiger partial charge in [-0.15, -0.1) is 0 Å². The SMILES string of the molecule is CCCC(CCN)CCc1nc2ccc(C)cc2[nH]1. The van der Waals surface area contributed by atoms with Crippen molar-refractivity contribution < 1.29 is 0 Å². The molecule has 0 fully saturated rings. The van der Waals surface area contributed by atoms with E-state index in [1.807, 2.05) is 0 Å². The van der Waals surface area contributed by atoms with Crippen LogP contribution in [0.5, 0.6) is 0 Å². The van der Waals surface area contributed by atoms with Gasteiger partial charge in [-0.05, 0) is 49.9 Å². The molecule has 0 radical (unpaired) electrons. The molecule has 3 heteroatoms. The van der Waals surface area contributed by atoms with E-state index < -0.39 is 0 Å². The van der Waals surface area contributed by atoms with E-state index in [-0.39, 0.29) is 0 Å². The predicted octanol–water partition coefficient (Wildman–Crippen LogP) is 3.57. The maximum atomic E-state index is 5.68. The third-order valence-electron chi connectivity index (χ3n) is 3.75. The van der Waals surface area contributed by atoms with E-state index in [4.69, 9.17) is 5.73 Å². The lowest BCUT2D eigenvalue weighted by Crippen LogP contribution is -2.10. The van der Waals surface area contributed by atoms with Crippen LogP contribution in [0.1, 0.15) is 44.0 Å². The van der Waals surface area contributed by atoms with Crippen molar-refractivity contribution >= 4 is 11.0 Å². The molecule has 0 saturated carbocycles. The van der Waals surface area contributed by atoms with Gasteiger partial charge < -0.3 is 10.7 Å². The van der Waals surface area contributed by atoms with Gasteiger partial charge in [0.15, 0.2) is 0 Å². The van der Waals surface area contributed by atoms with Crippen LogP contribution in [0.2, 0.25) is 0 Å². The van der Waals surface area contributed by atoms with Crippen LogP contribution in [0.15, 0.2) is 18.2 Å². The molecule has 1 aromatic heterocycles. The first-order chi connectivity index (χ1) is 9.22. The zero-order valence-electron chi connectivity index (χ0n) is 12.1. The second-order valence-electron chi connectivity index (χ2n) is 5.47. The van der Waals surface area contributed by atoms with Crippen molar-refractivity contribution in [3.05, 3.63) is 29.6 Å². The Labute approximate surface area is 115 Å². The smallest absolute Gasteiger partial charge is 0.107 e. The zero-order chi connectivity index (χ0) is 13.7. The third-order valence-corrected chi connectivity index (χ3v) is 3.75. The number of nitrogens with one attached hydrogen (secondary N) is 1. The standard InChI is InChI=1S/C16H25N3/c1-3-4-13(9-10-17)6-8-16-18-14-7-5-12(2)11-15(14)19-16/h5,7,11,13H,3-4,6,8-10,17H2,1-2H3,(H,18,19). The number of nitrogens with two attached hydrogens (primary N) is 1. The van der Waals surface area contributed by atoms with Crippen LogP contribution >= 0.6 is 0 Å². The molecule has 1 aromatic carbocycles. The molecule has 0 saturated heterocycles. The molecule has 0 aliphatic rings. The summed E-state index contributed by atoms with van der Waals surface area (Å²) in [7, 11) is 0. The lowest BCUT2D eigenvalue weighted by molar-refractivity contribution is 0.418. The van der Waals surface area contributed by atoms with Gasteiger partial charge in [-0.2, -0.15) is 0 Å². The van der Waals surface area contributed by atoms with Crippen LogP contribution in [0.4, 0.5) is 0 Å². The van der Waals surface area contributed by atoms with E-state index >= 15 is 0 Å². The van der Waals surface area contributed by atoms with E-state index in [1.165, 1.54) is 24.8 Å². The van der Waals surface area contributed by atoms with Gasteiger partial charge in [-0.1, -0.05) is 25.8 Å². The van der Waals surface area contributed by atoms with Crippen LogP contribution < -0.4 is 5.73 Å². The fraction of sp³-hybridized carbons (Fsp3) is 0.562. The first-order valence-electron chi connectivity index (χ1n) is 7.38. The number of H-pyrrole nitrogens is 1. The molecule has 1 heterocycles. The van der Waals surface area contributed by atoms with Gasteiger partial charge in [-0.3, -0.25) is 0 Å². The Kier molecular flexibility index (Phi) is 4.97. The number of aromatic amines is 1. The van der Waals surface area contributed by atoms with E-state index in [0.29, 0.717) is 0 Å². The van der Waals surface area contributed by atoms with Gasteiger partial charge in [0.2, 0.25) is 0 Å². The number of aryl methyl sites for hydroxylation is 2. The summed E-state index contributed by atoms with van der Waals surface area (Å²) in [5.74, 6) is 1.85. The lowest BCUT2D eigenvalue weighted by atomic mass is 9.94. The molecule has 104 valence electrons. The molecule has 1 atom stereocenters. The minimum absolute atomic E-state index is 0.741. The molecular formula is C16H25N3. The van der Waals surface area contributed by atoms with Crippen molar-refractivity contribution in [2.45, 2.75) is 46.0 Å². The monoisotopic (exact) mass is 259 g/mol. The van der Waals surface area contributed by atoms with Gasteiger partial charge in [0.25, 0.3) is 0 Å². The molecular weight excluding hydrogens is 234 g/mol. The molecule has 0 spiro atoms. The Morgan fingerprint density at radius 1 is 1.26 bits per heavy atom. The number of hydrogen-bond acceptors (Lipinski definition) is 2. The number of nitrogens with zero attached hydrogens (tertiary/aromatic N) is 1. The van der Waals surface area contributed by atoms with Crippen molar-refractivity contribution in [2.24, 2.45) is 11.7 Å². The largest absolute Gasteiger partial charge is 0.342 e. The van der Waals surface area contributed by atoms with Gasteiger partial charge in [-0.25, -0.2) is 4.98 Å². The topological polar surface area (TPSA) is 54.7 Å². The lowest BCUT2D eigenvalue weighted by Gasteiger charge is -2.13. The summed E-state index contributed by atoms with van der Waals surface area (Å²) in [6.45, 7) is 5.15. The normalized spacial score (nSPS) is 13.0. The van der Waals surface area contributed by atoms with Crippen molar-refractivity contribution in [3.8, 4) is 0 Å². The first kappa shape index (κ1) is 14.1. The maximum Gasteiger partial charge on any atom is 0.107 e. The van der Waals surface area contributed by atoms with Crippen molar-refractivity contribution in [3.63, 3.8) is 0 Å². The van der Waals surface area contributed by atoms with Crippen LogP contribution in [-0.4, -0.2) is 16.5 Å². The highest BCUT2D eigenvalue weighted by atomic mass is 14.9. The summed E-state index contributed by atoms with van der Waals surface area (Å²) in [6.07, 6.45) is 5.86. The molecule has 0 aliphatic carbocycles. The summed E-state index contributed by atoms with van der Waals surface area (Å²) in [6, 6.07) is 6.37. The van der Waals surface area contributed by atoms with Crippen LogP contribution in [0, 0.1) is 12.8 Å². The number of benzene rings is 1. The molecule has 1 unspecified atom stereocenters. The van der Waals surface area contributed by atoms with E-state index in [0.717, 1.165) is 42.2 Å². The summed E-state index contributed by atoms with van der Waals surface area (Å²) in [5, 5.41) is 0. The minimum atomic E-state index is 0.741. The second kappa shape index (κ2) is 6.71. The highest BCUT2D eigenvalue weighted by Gasteiger charge is 2.09. The molecule has 2 rings (SSSR count). The van der Waals surface area contributed by atoms with Crippen molar-refractivity contribution in [2.75, 3.05) is 6.54 Å². The van der Waals surface area contributed by atoms with Gasteiger partial charge in [0.1, 0.15) is 5.82 Å². The molecule has 19 heavy (non-hydrogen) atoms. The average molecular weight is 259 g/mol. The Balaban J connectivity index is 2.00. The quantitative estimate of drug-likeness (QED) is 0.798. The van der Waals surface area contributed by atoms with Crippen molar-refractivity contribution in [1.82, 2.24) is 9.97 Å². The summed E-state index contributed by atoms with van der Waals surface area (Å²) < 4.78 is 0. The minimum Gasteiger partial charge on any atom is -0.342 e. The van der Waals surface area contributed by atoms with Gasteiger partial charge in [0.05, 0.1) is 11.0 Å². The zero-order valence-corrected chi connectivity index (χ0v) is 12.1. The molecule has 0 aliphatic heterocycles. The molecule has 0 bridgehead atoms. The predicted molar refractivity (Wildman–Crippen MR) is 81.2 cm³/mol. The number of fused-ring (bicyclic) bond motifs is 1. The number of rotatable bonds is 7. The Bertz CT molecular complexity index is 510. The van der Waals surface area contributed by atoms with Gasteiger partial charge >= 0.3 is 0 Å². The summed E-state index contributed by atoms with van der Waals surface area (Å²) in [5.41, 5.74) is 9.19. The summed E-state index contributed by atoms with van der Waals surface area (Å²) >= 11 is 0. The fourth-order valence-electron chi connectivity index (χ4n) is 2.71. The first-order valence-corrected chi connectivity index (χ1v) is 7.38. The Morgan fingerprint density at radius 3 is 2.84 bits per heavy atom. The third kappa shape index (κ3) is 3.80. The van der Waals surface area contributed by atoms with Gasteiger partial charge in [0, 0.05) is 6.42 Å². The molecule has 0 amide bonds. The van der Waals surface area contributed by atoms with E-state index in [9.17, 15) is 0 Å². The number of hydrogen-bond donors (Lipinski definition) is 2. The Morgan fingerprint density at radius 2 is 2.11 bits per heavy atom. The number of aromatic nitrogens is 2. The van der Waals surface area contributed by atoms with Crippen LogP contribution in [0.25, 0.3) is 11.0 Å². The summed E-state index contributed by atoms with van der Waals surface area (Å²) in [4.78, 5) is 8.09. The van der Waals surface area contributed by atoms with Crippen LogP contribution in [0.3, 0.4) is 0 Å². The Hall–Kier alpha value is -1.35. The van der Waals surface area contributed by atoms with E-state index in [1.54, 1.807) is 0 Å². The molecule has 3 N–H and O–H groups in total. The molecule has 2 aromatic rings.